The summed E-state index contributed by atoms with van der Waals surface area (Å²) in [6.45, 7) is 9.14. The Balaban J connectivity index is 2.60. The number of methoxy groups -OCH3 is 1. The number of nitrogens with zero attached hydrogens (tertiary/aromatic N) is 1. The van der Waals surface area contributed by atoms with Gasteiger partial charge in [-0.3, -0.25) is 4.79 Å². The van der Waals surface area contributed by atoms with Gasteiger partial charge in [-0.05, 0) is 26.2 Å². The molecule has 0 aliphatic carbocycles. The summed E-state index contributed by atoms with van der Waals surface area (Å²) >= 11 is 0. The third kappa shape index (κ3) is 2.71. The van der Waals surface area contributed by atoms with Gasteiger partial charge in [0.1, 0.15) is 0 Å². The van der Waals surface area contributed by atoms with Gasteiger partial charge in [-0.15, -0.1) is 0 Å². The molecule has 0 spiro atoms. The third-order valence-electron chi connectivity index (χ3n) is 3.53. The maximum Gasteiger partial charge on any atom is 0.228 e. The van der Waals surface area contributed by atoms with Gasteiger partial charge < -0.3 is 9.64 Å². The Bertz CT molecular complexity index is 230. The van der Waals surface area contributed by atoms with Crippen LogP contribution in [-0.2, 0) is 9.53 Å². The fraction of sp³-hybridized carbons (Fsp3) is 0.917. The molecule has 15 heavy (non-hydrogen) atoms. The van der Waals surface area contributed by atoms with Gasteiger partial charge in [-0.25, -0.2) is 0 Å². The van der Waals surface area contributed by atoms with E-state index in [0.717, 1.165) is 13.0 Å². The quantitative estimate of drug-likeness (QED) is 0.716. The highest BCUT2D eigenvalue weighted by molar-refractivity contribution is 5.79. The van der Waals surface area contributed by atoms with Crippen LogP contribution in [-0.4, -0.2) is 36.6 Å². The molecule has 1 saturated heterocycles. The maximum absolute atomic E-state index is 12.1. The van der Waals surface area contributed by atoms with Gasteiger partial charge in [0.2, 0.25) is 5.91 Å². The average Bonchev–Trinajstić information content (AvgIpc) is 2.54. The minimum absolute atomic E-state index is 0.000561. The van der Waals surface area contributed by atoms with Crippen molar-refractivity contribution in [3.8, 4) is 0 Å². The second-order valence-corrected chi connectivity index (χ2v) is 4.91. The molecule has 1 amide bonds. The van der Waals surface area contributed by atoms with Crippen molar-refractivity contribution in [3.05, 3.63) is 0 Å². The fourth-order valence-electron chi connectivity index (χ4n) is 2.27. The molecule has 1 heterocycles. The molecule has 4 atom stereocenters. The summed E-state index contributed by atoms with van der Waals surface area (Å²) in [7, 11) is 1.66. The number of carbonyl (C=O) groups excluding carboxylic acids is 1. The number of amides is 1. The molecule has 0 aromatic rings. The molecule has 0 N–H and O–H groups in total. The van der Waals surface area contributed by atoms with Crippen LogP contribution in [0, 0.1) is 11.8 Å². The van der Waals surface area contributed by atoms with E-state index in [2.05, 4.69) is 13.8 Å². The summed E-state index contributed by atoms with van der Waals surface area (Å²) in [5, 5.41) is 0. The van der Waals surface area contributed by atoms with Gasteiger partial charge in [0.25, 0.3) is 0 Å². The molecule has 1 aliphatic rings. The predicted octanol–water partition coefficient (Wildman–Crippen LogP) is 1.91. The lowest BCUT2D eigenvalue weighted by atomic mass is 10.0. The number of likely N-dealkylation sites (tertiary alicyclic amines) is 1. The highest BCUT2D eigenvalue weighted by atomic mass is 16.5. The number of rotatable bonds is 3. The minimum Gasteiger partial charge on any atom is -0.381 e. The zero-order valence-corrected chi connectivity index (χ0v) is 10.5. The standard InChI is InChI=1S/C12H23NO2/c1-8-6-9(2)13(7-8)12(14)10(3)11(4)15-5/h8-11H,6-7H2,1-5H3/t8?,9-,10?,11-/m1/s1. The molecule has 1 fully saturated rings. The van der Waals surface area contributed by atoms with Crippen molar-refractivity contribution >= 4 is 5.91 Å². The summed E-state index contributed by atoms with van der Waals surface area (Å²) in [6.07, 6.45) is 1.13. The van der Waals surface area contributed by atoms with Crippen LogP contribution >= 0.6 is 0 Å². The van der Waals surface area contributed by atoms with E-state index in [1.807, 2.05) is 18.7 Å². The molecule has 0 aromatic heterocycles. The van der Waals surface area contributed by atoms with E-state index in [4.69, 9.17) is 4.74 Å². The molecule has 0 radical (unpaired) electrons. The van der Waals surface area contributed by atoms with Crippen LogP contribution in [0.5, 0.6) is 0 Å². The molecule has 1 rings (SSSR count). The number of carbonyl (C=O) groups is 1. The molecule has 88 valence electrons. The lowest BCUT2D eigenvalue weighted by Crippen LogP contribution is -2.41. The topological polar surface area (TPSA) is 29.5 Å². The Morgan fingerprint density at radius 3 is 2.40 bits per heavy atom. The van der Waals surface area contributed by atoms with Crippen LogP contribution in [0.3, 0.4) is 0 Å². The lowest BCUT2D eigenvalue weighted by Gasteiger charge is -2.27. The van der Waals surface area contributed by atoms with Crippen molar-refractivity contribution in [1.29, 1.82) is 0 Å². The van der Waals surface area contributed by atoms with Crippen LogP contribution in [0.15, 0.2) is 0 Å². The van der Waals surface area contributed by atoms with Crippen molar-refractivity contribution in [2.75, 3.05) is 13.7 Å². The fourth-order valence-corrected chi connectivity index (χ4v) is 2.27. The summed E-state index contributed by atoms with van der Waals surface area (Å²) in [6, 6.07) is 0.388. The van der Waals surface area contributed by atoms with Crippen molar-refractivity contribution < 1.29 is 9.53 Å². The summed E-state index contributed by atoms with van der Waals surface area (Å²) in [5.74, 6) is 0.831. The van der Waals surface area contributed by atoms with E-state index in [1.165, 1.54) is 0 Å². The molecule has 3 heteroatoms. The Labute approximate surface area is 92.8 Å². The maximum atomic E-state index is 12.1. The van der Waals surface area contributed by atoms with Gasteiger partial charge in [0.05, 0.1) is 12.0 Å². The summed E-state index contributed by atoms with van der Waals surface area (Å²) < 4.78 is 5.21. The second-order valence-electron chi connectivity index (χ2n) is 4.91. The third-order valence-corrected chi connectivity index (χ3v) is 3.53. The lowest BCUT2D eigenvalue weighted by molar-refractivity contribution is -0.139. The Morgan fingerprint density at radius 1 is 1.40 bits per heavy atom. The van der Waals surface area contributed by atoms with Crippen LogP contribution in [0.25, 0.3) is 0 Å². The average molecular weight is 213 g/mol. The monoisotopic (exact) mass is 213 g/mol. The van der Waals surface area contributed by atoms with E-state index in [1.54, 1.807) is 7.11 Å². The SMILES string of the molecule is CO[C@H](C)C(C)C(=O)N1CC(C)C[C@H]1C. The molecular weight excluding hydrogens is 190 g/mol. The highest BCUT2D eigenvalue weighted by Crippen LogP contribution is 2.25. The summed E-state index contributed by atoms with van der Waals surface area (Å²) in [4.78, 5) is 14.2. The van der Waals surface area contributed by atoms with Crippen molar-refractivity contribution in [3.63, 3.8) is 0 Å². The Hall–Kier alpha value is -0.570. The molecule has 1 aliphatic heterocycles. The molecule has 0 bridgehead atoms. The van der Waals surface area contributed by atoms with E-state index in [9.17, 15) is 4.79 Å². The van der Waals surface area contributed by atoms with Gasteiger partial charge in [0, 0.05) is 19.7 Å². The van der Waals surface area contributed by atoms with Crippen molar-refractivity contribution in [2.24, 2.45) is 11.8 Å². The molecule has 0 aromatic carbocycles. The zero-order chi connectivity index (χ0) is 11.6. The van der Waals surface area contributed by atoms with Gasteiger partial charge in [-0.1, -0.05) is 13.8 Å². The second kappa shape index (κ2) is 4.97. The Kier molecular flexibility index (Phi) is 4.14. The Morgan fingerprint density at radius 2 is 2.00 bits per heavy atom. The van der Waals surface area contributed by atoms with Crippen molar-refractivity contribution in [2.45, 2.75) is 46.3 Å². The van der Waals surface area contributed by atoms with Crippen LogP contribution in [0.1, 0.15) is 34.1 Å². The first-order chi connectivity index (χ1) is 6.97. The predicted molar refractivity (Wildman–Crippen MR) is 60.6 cm³/mol. The first-order valence-corrected chi connectivity index (χ1v) is 5.80. The van der Waals surface area contributed by atoms with Crippen LogP contribution in [0.4, 0.5) is 0 Å². The molecule has 2 unspecified atom stereocenters. The number of hydrogen-bond donors (Lipinski definition) is 0. The van der Waals surface area contributed by atoms with E-state index in [-0.39, 0.29) is 17.9 Å². The number of hydrogen-bond acceptors (Lipinski definition) is 2. The zero-order valence-electron chi connectivity index (χ0n) is 10.5. The molecular formula is C12H23NO2. The van der Waals surface area contributed by atoms with E-state index >= 15 is 0 Å². The van der Waals surface area contributed by atoms with E-state index < -0.39 is 0 Å². The summed E-state index contributed by atoms with van der Waals surface area (Å²) in [5.41, 5.74) is 0. The van der Waals surface area contributed by atoms with E-state index in [0.29, 0.717) is 12.0 Å². The van der Waals surface area contributed by atoms with Gasteiger partial charge in [0.15, 0.2) is 0 Å². The first kappa shape index (κ1) is 12.5. The van der Waals surface area contributed by atoms with Gasteiger partial charge >= 0.3 is 0 Å². The normalized spacial score (nSPS) is 30.3. The largest absolute Gasteiger partial charge is 0.381 e. The van der Waals surface area contributed by atoms with Crippen LogP contribution < -0.4 is 0 Å². The highest BCUT2D eigenvalue weighted by Gasteiger charge is 2.33. The van der Waals surface area contributed by atoms with Crippen LogP contribution in [0.2, 0.25) is 0 Å². The smallest absolute Gasteiger partial charge is 0.228 e. The van der Waals surface area contributed by atoms with Crippen molar-refractivity contribution in [1.82, 2.24) is 4.90 Å². The van der Waals surface area contributed by atoms with Gasteiger partial charge in [-0.2, -0.15) is 0 Å². The molecule has 3 nitrogen and oxygen atoms in total. The molecule has 0 saturated carbocycles. The number of ether oxygens (including phenoxy) is 1. The first-order valence-electron chi connectivity index (χ1n) is 5.80. The minimum atomic E-state index is -0.0391.